The van der Waals surface area contributed by atoms with Gasteiger partial charge in [-0.1, -0.05) is 239 Å². The Morgan fingerprint density at radius 2 is 0.491 bits per heavy atom. The van der Waals surface area contributed by atoms with Gasteiger partial charge in [0, 0.05) is 19.3 Å². The second-order valence-corrected chi connectivity index (χ2v) is 16.7. The van der Waals surface area contributed by atoms with E-state index in [9.17, 15) is 14.4 Å². The Balaban J connectivity index is 4.23. The Morgan fingerprint density at radius 1 is 0.291 bits per heavy atom. The summed E-state index contributed by atoms with van der Waals surface area (Å²) in [5.41, 5.74) is 0. The number of carbonyl (C=O) groups excluding carboxylic acids is 3. The van der Waals surface area contributed by atoms with Crippen LogP contribution in [0.15, 0.2) is 0 Å². The fourth-order valence-electron chi connectivity index (χ4n) is 7.38. The molecule has 0 saturated carbocycles. The molecule has 1 atom stereocenters. The average molecular weight is 779 g/mol. The van der Waals surface area contributed by atoms with Crippen molar-refractivity contribution in [2.75, 3.05) is 13.2 Å². The number of hydrogen-bond acceptors (Lipinski definition) is 6. The first-order valence-corrected chi connectivity index (χ1v) is 24.5. The second-order valence-electron chi connectivity index (χ2n) is 16.7. The number of carbonyl (C=O) groups is 3. The Labute approximate surface area is 342 Å². The van der Waals surface area contributed by atoms with Gasteiger partial charge in [0.2, 0.25) is 0 Å². The van der Waals surface area contributed by atoms with Gasteiger partial charge in [-0.05, 0) is 19.3 Å². The van der Waals surface area contributed by atoms with E-state index < -0.39 is 6.10 Å². The van der Waals surface area contributed by atoms with Crippen LogP contribution in [0.5, 0.6) is 0 Å². The van der Waals surface area contributed by atoms with E-state index in [-0.39, 0.29) is 31.1 Å². The smallest absolute Gasteiger partial charge is 0.306 e. The number of hydrogen-bond donors (Lipinski definition) is 0. The summed E-state index contributed by atoms with van der Waals surface area (Å²) in [5.74, 6) is -0.850. The van der Waals surface area contributed by atoms with Gasteiger partial charge in [-0.25, -0.2) is 0 Å². The van der Waals surface area contributed by atoms with E-state index in [4.69, 9.17) is 14.2 Å². The predicted molar refractivity (Wildman–Crippen MR) is 233 cm³/mol. The average Bonchev–Trinajstić information content (AvgIpc) is 3.18. The molecule has 0 spiro atoms. The minimum Gasteiger partial charge on any atom is -0.462 e. The van der Waals surface area contributed by atoms with Gasteiger partial charge in [0.25, 0.3) is 0 Å². The van der Waals surface area contributed by atoms with E-state index in [1.807, 2.05) is 0 Å². The molecular weight excluding hydrogens is 685 g/mol. The molecule has 0 fully saturated rings. The molecule has 0 aliphatic heterocycles. The van der Waals surface area contributed by atoms with Gasteiger partial charge in [0.1, 0.15) is 13.2 Å². The van der Waals surface area contributed by atoms with Crippen molar-refractivity contribution < 1.29 is 28.6 Å². The van der Waals surface area contributed by atoms with Crippen molar-refractivity contribution in [1.29, 1.82) is 0 Å². The zero-order valence-electron chi connectivity index (χ0n) is 37.2. The monoisotopic (exact) mass is 779 g/mol. The molecule has 0 bridgehead atoms. The fourth-order valence-corrected chi connectivity index (χ4v) is 7.38. The highest BCUT2D eigenvalue weighted by Gasteiger charge is 2.19. The molecule has 0 N–H and O–H groups in total. The quantitative estimate of drug-likeness (QED) is 0.0348. The molecule has 0 unspecified atom stereocenters. The number of unbranched alkanes of at least 4 members (excludes halogenated alkanes) is 34. The molecule has 0 aromatic rings. The normalized spacial score (nSPS) is 11.8. The molecule has 0 amide bonds. The first-order valence-electron chi connectivity index (χ1n) is 24.5. The Bertz CT molecular complexity index is 813. The summed E-state index contributed by atoms with van der Waals surface area (Å²) < 4.78 is 16.7. The molecular formula is C49H94O6. The number of ether oxygens (including phenoxy) is 3. The van der Waals surface area contributed by atoms with Gasteiger partial charge in [-0.2, -0.15) is 0 Å². The van der Waals surface area contributed by atoms with Crippen LogP contribution in [0.3, 0.4) is 0 Å². The molecule has 0 heterocycles. The van der Waals surface area contributed by atoms with Crippen molar-refractivity contribution >= 4 is 17.9 Å². The van der Waals surface area contributed by atoms with Gasteiger partial charge >= 0.3 is 17.9 Å². The SMILES string of the molecule is CCCCCCCCCCCCCCCCCCCCC(=O)O[C@@H](COC(=O)CCCCCCCCCCC)COC(=O)CCCCCCCCCCCC. The summed E-state index contributed by atoms with van der Waals surface area (Å²) >= 11 is 0. The topological polar surface area (TPSA) is 78.9 Å². The van der Waals surface area contributed by atoms with Crippen LogP contribution in [-0.2, 0) is 28.6 Å². The van der Waals surface area contributed by atoms with Gasteiger partial charge in [-0.3, -0.25) is 14.4 Å². The number of rotatable bonds is 45. The lowest BCUT2D eigenvalue weighted by Gasteiger charge is -2.18. The van der Waals surface area contributed by atoms with Gasteiger partial charge < -0.3 is 14.2 Å². The molecule has 0 aromatic heterocycles. The van der Waals surface area contributed by atoms with Crippen LogP contribution in [0.1, 0.15) is 278 Å². The predicted octanol–water partition coefficient (Wildman–Crippen LogP) is 15.6. The molecule has 0 radical (unpaired) electrons. The maximum Gasteiger partial charge on any atom is 0.306 e. The molecule has 326 valence electrons. The van der Waals surface area contributed by atoms with Crippen molar-refractivity contribution in [3.63, 3.8) is 0 Å². The molecule has 6 heteroatoms. The second kappa shape index (κ2) is 45.1. The number of esters is 3. The van der Waals surface area contributed by atoms with Crippen molar-refractivity contribution in [1.82, 2.24) is 0 Å². The van der Waals surface area contributed by atoms with E-state index in [2.05, 4.69) is 20.8 Å². The standard InChI is InChI=1S/C49H94O6/c1-4-7-10-13-16-19-21-22-23-24-25-26-27-28-31-34-37-40-43-49(52)55-46(44-53-47(50)41-38-35-32-29-18-15-12-9-6-3)45-54-48(51)42-39-36-33-30-20-17-14-11-8-5-2/h46H,4-45H2,1-3H3/t46-/m0/s1. The van der Waals surface area contributed by atoms with Crippen LogP contribution in [-0.4, -0.2) is 37.2 Å². The van der Waals surface area contributed by atoms with E-state index in [1.54, 1.807) is 0 Å². The van der Waals surface area contributed by atoms with Crippen LogP contribution in [0.2, 0.25) is 0 Å². The third kappa shape index (κ3) is 43.4. The first-order chi connectivity index (χ1) is 27.0. The van der Waals surface area contributed by atoms with Crippen molar-refractivity contribution in [2.24, 2.45) is 0 Å². The Kier molecular flexibility index (Phi) is 43.8. The summed E-state index contributed by atoms with van der Waals surface area (Å²) in [4.78, 5) is 37.7. The Hall–Kier alpha value is -1.59. The maximum atomic E-state index is 12.7. The van der Waals surface area contributed by atoms with Crippen LogP contribution >= 0.6 is 0 Å². The van der Waals surface area contributed by atoms with Crippen molar-refractivity contribution in [3.8, 4) is 0 Å². The summed E-state index contributed by atoms with van der Waals surface area (Å²) in [7, 11) is 0. The highest BCUT2D eigenvalue weighted by atomic mass is 16.6. The Morgan fingerprint density at radius 3 is 0.727 bits per heavy atom. The third-order valence-corrected chi connectivity index (χ3v) is 11.1. The minimum atomic E-state index is -0.758. The highest BCUT2D eigenvalue weighted by Crippen LogP contribution is 2.16. The molecule has 0 aliphatic rings. The minimum absolute atomic E-state index is 0.0627. The molecule has 0 saturated heterocycles. The lowest BCUT2D eigenvalue weighted by atomic mass is 10.0. The molecule has 0 aliphatic carbocycles. The summed E-state index contributed by atoms with van der Waals surface area (Å²) in [5, 5.41) is 0. The summed E-state index contributed by atoms with van der Waals surface area (Å²) in [6, 6.07) is 0. The third-order valence-electron chi connectivity index (χ3n) is 11.1. The highest BCUT2D eigenvalue weighted by molar-refractivity contribution is 5.71. The van der Waals surface area contributed by atoms with Crippen LogP contribution < -0.4 is 0 Å². The zero-order valence-corrected chi connectivity index (χ0v) is 37.2. The van der Waals surface area contributed by atoms with E-state index in [0.717, 1.165) is 57.8 Å². The molecule has 6 nitrogen and oxygen atoms in total. The van der Waals surface area contributed by atoms with Gasteiger partial charge in [-0.15, -0.1) is 0 Å². The van der Waals surface area contributed by atoms with E-state index in [0.29, 0.717) is 19.3 Å². The molecule has 0 rings (SSSR count). The van der Waals surface area contributed by atoms with Gasteiger partial charge in [0.05, 0.1) is 0 Å². The van der Waals surface area contributed by atoms with E-state index >= 15 is 0 Å². The largest absolute Gasteiger partial charge is 0.462 e. The van der Waals surface area contributed by atoms with Crippen LogP contribution in [0.4, 0.5) is 0 Å². The zero-order chi connectivity index (χ0) is 40.1. The fraction of sp³-hybridized carbons (Fsp3) is 0.939. The molecule has 55 heavy (non-hydrogen) atoms. The maximum absolute atomic E-state index is 12.7. The first kappa shape index (κ1) is 53.4. The van der Waals surface area contributed by atoms with Crippen LogP contribution in [0, 0.1) is 0 Å². The lowest BCUT2D eigenvalue weighted by molar-refractivity contribution is -0.167. The van der Waals surface area contributed by atoms with Crippen molar-refractivity contribution in [3.05, 3.63) is 0 Å². The van der Waals surface area contributed by atoms with Gasteiger partial charge in [0.15, 0.2) is 6.10 Å². The van der Waals surface area contributed by atoms with Crippen molar-refractivity contribution in [2.45, 2.75) is 284 Å². The lowest BCUT2D eigenvalue weighted by Crippen LogP contribution is -2.30. The van der Waals surface area contributed by atoms with E-state index in [1.165, 1.54) is 180 Å². The molecule has 0 aromatic carbocycles. The summed E-state index contributed by atoms with van der Waals surface area (Å²) in [6.07, 6.45) is 46.6. The summed E-state index contributed by atoms with van der Waals surface area (Å²) in [6.45, 7) is 6.64. The van der Waals surface area contributed by atoms with Crippen LogP contribution in [0.25, 0.3) is 0 Å².